The highest BCUT2D eigenvalue weighted by atomic mass is 32.1. The number of aromatic nitrogens is 5. The van der Waals surface area contributed by atoms with Crippen molar-refractivity contribution in [2.24, 2.45) is 5.10 Å². The molecule has 2 N–H and O–H groups in total. The zero-order valence-electron chi connectivity index (χ0n) is 11.0. The predicted octanol–water partition coefficient (Wildman–Crippen LogP) is 2.66. The fraction of sp³-hybridized carbons (Fsp3) is 0.0769. The molecule has 0 spiro atoms. The van der Waals surface area contributed by atoms with E-state index in [0.29, 0.717) is 21.9 Å². The minimum atomic E-state index is -0.353. The molecule has 106 valence electrons. The van der Waals surface area contributed by atoms with Gasteiger partial charge in [0.25, 0.3) is 0 Å². The second-order valence-corrected chi connectivity index (χ2v) is 4.75. The molecule has 0 amide bonds. The number of hydrogen-bond acceptors (Lipinski definition) is 4. The standard InChI is InChI=1S/C13H11FN6S/c1-8-6-11(17-16-8)12-18-19-13(21)20(12)15-7-9-4-2-3-5-10(9)14/h2-7H,1H3,(H,16,17)(H,19,21)/b15-7+. The van der Waals surface area contributed by atoms with Crippen molar-refractivity contribution in [3.63, 3.8) is 0 Å². The predicted molar refractivity (Wildman–Crippen MR) is 79.1 cm³/mol. The number of halogens is 1. The molecule has 8 heteroatoms. The van der Waals surface area contributed by atoms with Gasteiger partial charge < -0.3 is 0 Å². The molecule has 6 nitrogen and oxygen atoms in total. The van der Waals surface area contributed by atoms with Crippen LogP contribution in [0.15, 0.2) is 35.4 Å². The van der Waals surface area contributed by atoms with Crippen LogP contribution in [0.3, 0.4) is 0 Å². The van der Waals surface area contributed by atoms with Gasteiger partial charge in [-0.2, -0.15) is 20.0 Å². The molecule has 0 bridgehead atoms. The van der Waals surface area contributed by atoms with E-state index in [0.717, 1.165) is 5.69 Å². The summed E-state index contributed by atoms with van der Waals surface area (Å²) in [6.45, 7) is 1.88. The zero-order chi connectivity index (χ0) is 14.8. The monoisotopic (exact) mass is 302 g/mol. The molecule has 2 aromatic heterocycles. The van der Waals surface area contributed by atoms with Crippen molar-refractivity contribution >= 4 is 18.4 Å². The van der Waals surface area contributed by atoms with E-state index in [-0.39, 0.29) is 5.82 Å². The van der Waals surface area contributed by atoms with Crippen molar-refractivity contribution in [1.82, 2.24) is 25.1 Å². The van der Waals surface area contributed by atoms with Gasteiger partial charge in [-0.05, 0) is 31.3 Å². The number of aromatic amines is 2. The highest BCUT2D eigenvalue weighted by Crippen LogP contribution is 2.15. The molecule has 0 saturated heterocycles. The SMILES string of the molecule is Cc1cc(-c2n[nH]c(=S)n2/N=C/c2ccccc2F)n[nH]1. The maximum atomic E-state index is 13.6. The molecule has 0 aliphatic rings. The van der Waals surface area contributed by atoms with Crippen molar-refractivity contribution in [1.29, 1.82) is 0 Å². The molecular formula is C13H11FN6S. The van der Waals surface area contributed by atoms with Crippen LogP contribution in [0.1, 0.15) is 11.3 Å². The van der Waals surface area contributed by atoms with Crippen molar-refractivity contribution < 1.29 is 4.39 Å². The van der Waals surface area contributed by atoms with Crippen molar-refractivity contribution in [3.05, 3.63) is 52.2 Å². The van der Waals surface area contributed by atoms with Crippen LogP contribution in [-0.2, 0) is 0 Å². The number of benzene rings is 1. The van der Waals surface area contributed by atoms with Gasteiger partial charge in [0, 0.05) is 11.3 Å². The largest absolute Gasteiger partial charge is 0.282 e. The van der Waals surface area contributed by atoms with Crippen LogP contribution in [0.5, 0.6) is 0 Å². The molecule has 0 fully saturated rings. The lowest BCUT2D eigenvalue weighted by molar-refractivity contribution is 0.625. The summed E-state index contributed by atoms with van der Waals surface area (Å²) in [6, 6.07) is 8.17. The van der Waals surface area contributed by atoms with Crippen molar-refractivity contribution in [2.75, 3.05) is 0 Å². The lowest BCUT2D eigenvalue weighted by Gasteiger charge is -1.98. The Balaban J connectivity index is 2.02. The first-order valence-corrected chi connectivity index (χ1v) is 6.54. The average Bonchev–Trinajstić information content (AvgIpc) is 3.04. The fourth-order valence-electron chi connectivity index (χ4n) is 1.80. The van der Waals surface area contributed by atoms with Crippen LogP contribution >= 0.6 is 12.2 Å². The summed E-state index contributed by atoms with van der Waals surface area (Å²) in [6.07, 6.45) is 1.39. The minimum Gasteiger partial charge on any atom is -0.282 e. The molecule has 0 atom stereocenters. The Kier molecular flexibility index (Phi) is 3.44. The number of nitrogens with zero attached hydrogens (tertiary/aromatic N) is 4. The van der Waals surface area contributed by atoms with Crippen LogP contribution in [0.2, 0.25) is 0 Å². The van der Waals surface area contributed by atoms with Gasteiger partial charge in [-0.3, -0.25) is 5.10 Å². The van der Waals surface area contributed by atoms with E-state index in [2.05, 4.69) is 25.5 Å². The number of nitrogens with one attached hydrogen (secondary N) is 2. The first kappa shape index (κ1) is 13.4. The molecule has 3 aromatic rings. The average molecular weight is 302 g/mol. The van der Waals surface area contributed by atoms with Gasteiger partial charge in [0.2, 0.25) is 10.6 Å². The van der Waals surface area contributed by atoms with E-state index in [9.17, 15) is 4.39 Å². The van der Waals surface area contributed by atoms with E-state index >= 15 is 0 Å². The number of H-pyrrole nitrogens is 2. The summed E-state index contributed by atoms with van der Waals surface area (Å²) in [7, 11) is 0. The summed E-state index contributed by atoms with van der Waals surface area (Å²) >= 11 is 5.13. The van der Waals surface area contributed by atoms with E-state index in [4.69, 9.17) is 12.2 Å². The summed E-state index contributed by atoms with van der Waals surface area (Å²) in [5.41, 5.74) is 1.86. The third-order valence-electron chi connectivity index (χ3n) is 2.80. The lowest BCUT2D eigenvalue weighted by atomic mass is 10.2. The highest BCUT2D eigenvalue weighted by Gasteiger charge is 2.11. The Morgan fingerprint density at radius 3 is 2.81 bits per heavy atom. The Morgan fingerprint density at radius 2 is 2.10 bits per heavy atom. The van der Waals surface area contributed by atoms with Crippen LogP contribution in [0.25, 0.3) is 11.5 Å². The third kappa shape index (κ3) is 2.65. The quantitative estimate of drug-likeness (QED) is 0.577. The molecule has 0 radical (unpaired) electrons. The Bertz CT molecular complexity index is 859. The molecule has 0 aliphatic heterocycles. The summed E-state index contributed by atoms with van der Waals surface area (Å²) in [4.78, 5) is 0. The topological polar surface area (TPSA) is 74.7 Å². The Morgan fingerprint density at radius 1 is 1.29 bits per heavy atom. The van der Waals surface area contributed by atoms with E-state index in [1.165, 1.54) is 17.0 Å². The molecule has 0 unspecified atom stereocenters. The molecule has 3 rings (SSSR count). The minimum absolute atomic E-state index is 0.304. The van der Waals surface area contributed by atoms with Gasteiger partial charge >= 0.3 is 0 Å². The smallest absolute Gasteiger partial charge is 0.216 e. The maximum Gasteiger partial charge on any atom is 0.216 e. The first-order chi connectivity index (χ1) is 10.1. The van der Waals surface area contributed by atoms with Gasteiger partial charge in [-0.1, -0.05) is 18.2 Å². The lowest BCUT2D eigenvalue weighted by Crippen LogP contribution is -1.96. The van der Waals surface area contributed by atoms with E-state index in [1.807, 2.05) is 13.0 Å². The fourth-order valence-corrected chi connectivity index (χ4v) is 1.98. The molecule has 1 aromatic carbocycles. The van der Waals surface area contributed by atoms with Gasteiger partial charge in [-0.15, -0.1) is 0 Å². The van der Waals surface area contributed by atoms with Gasteiger partial charge in [-0.25, -0.2) is 9.49 Å². The van der Waals surface area contributed by atoms with Crippen LogP contribution < -0.4 is 0 Å². The molecule has 2 heterocycles. The normalized spacial score (nSPS) is 11.3. The third-order valence-corrected chi connectivity index (χ3v) is 3.07. The first-order valence-electron chi connectivity index (χ1n) is 6.14. The van der Waals surface area contributed by atoms with Crippen LogP contribution in [0, 0.1) is 17.5 Å². The van der Waals surface area contributed by atoms with Crippen molar-refractivity contribution in [2.45, 2.75) is 6.92 Å². The zero-order valence-corrected chi connectivity index (χ0v) is 11.9. The van der Waals surface area contributed by atoms with Crippen molar-refractivity contribution in [3.8, 4) is 11.5 Å². The summed E-state index contributed by atoms with van der Waals surface area (Å²) < 4.78 is 15.3. The van der Waals surface area contributed by atoms with Gasteiger partial charge in [0.1, 0.15) is 11.5 Å². The Hall–Kier alpha value is -2.61. The molecular weight excluding hydrogens is 291 g/mol. The van der Waals surface area contributed by atoms with E-state index < -0.39 is 0 Å². The summed E-state index contributed by atoms with van der Waals surface area (Å²) in [5, 5.41) is 17.9. The number of aryl methyl sites for hydroxylation is 1. The van der Waals surface area contributed by atoms with Gasteiger partial charge in [0.05, 0.1) is 6.21 Å². The molecule has 21 heavy (non-hydrogen) atoms. The maximum absolute atomic E-state index is 13.6. The number of hydrogen-bond donors (Lipinski definition) is 2. The molecule has 0 saturated carbocycles. The second kappa shape index (κ2) is 5.41. The molecule has 0 aliphatic carbocycles. The number of rotatable bonds is 3. The van der Waals surface area contributed by atoms with Crippen LogP contribution in [-0.4, -0.2) is 31.3 Å². The van der Waals surface area contributed by atoms with Crippen LogP contribution in [0.4, 0.5) is 4.39 Å². The summed E-state index contributed by atoms with van der Waals surface area (Å²) in [5.74, 6) is 0.102. The van der Waals surface area contributed by atoms with E-state index in [1.54, 1.807) is 18.2 Å². The second-order valence-electron chi connectivity index (χ2n) is 4.37. The Labute approximate surface area is 124 Å². The highest BCUT2D eigenvalue weighted by molar-refractivity contribution is 7.71. The van der Waals surface area contributed by atoms with Gasteiger partial charge in [0.15, 0.2) is 0 Å².